The Balaban J connectivity index is 1.43. The van der Waals surface area contributed by atoms with Gasteiger partial charge in [0.2, 0.25) is 11.8 Å². The molecule has 8 heteroatoms. The molecule has 0 saturated heterocycles. The third-order valence-corrected chi connectivity index (χ3v) is 7.05. The second kappa shape index (κ2) is 8.44. The number of pyridine rings is 1. The maximum Gasteiger partial charge on any atom is 0.224 e. The van der Waals surface area contributed by atoms with Gasteiger partial charge in [0.15, 0.2) is 0 Å². The summed E-state index contributed by atoms with van der Waals surface area (Å²) in [6.07, 6.45) is 11.9. The van der Waals surface area contributed by atoms with Gasteiger partial charge in [0, 0.05) is 49.0 Å². The molecule has 2 N–H and O–H groups in total. The summed E-state index contributed by atoms with van der Waals surface area (Å²) in [5, 5.41) is 14.9. The Kier molecular flexibility index (Phi) is 5.10. The highest BCUT2D eigenvalue weighted by atomic mass is 16.5. The molecule has 2 aliphatic rings. The number of nitrogens with two attached hydrogens (primary N) is 1. The summed E-state index contributed by atoms with van der Waals surface area (Å²) >= 11 is 0. The summed E-state index contributed by atoms with van der Waals surface area (Å²) in [5.41, 5.74) is 11.6. The molecule has 0 amide bonds. The summed E-state index contributed by atoms with van der Waals surface area (Å²) in [7, 11) is 1.88. The van der Waals surface area contributed by atoms with E-state index in [0.717, 1.165) is 46.7 Å². The van der Waals surface area contributed by atoms with Crippen molar-refractivity contribution in [3.8, 4) is 29.0 Å². The van der Waals surface area contributed by atoms with Crippen LogP contribution in [-0.4, -0.2) is 24.3 Å². The van der Waals surface area contributed by atoms with Crippen LogP contribution in [0.15, 0.2) is 72.6 Å². The Labute approximate surface area is 203 Å². The zero-order chi connectivity index (χ0) is 23.9. The molecular weight excluding hydrogens is 438 g/mol. The van der Waals surface area contributed by atoms with Gasteiger partial charge >= 0.3 is 0 Å². The van der Waals surface area contributed by atoms with Crippen molar-refractivity contribution < 1.29 is 4.74 Å². The lowest BCUT2D eigenvalue weighted by molar-refractivity contribution is 0.358. The second-order valence-electron chi connectivity index (χ2n) is 9.08. The number of hydrogen-bond acceptors (Lipinski definition) is 6. The number of nitriles is 1. The predicted octanol–water partition coefficient (Wildman–Crippen LogP) is 4.54. The summed E-state index contributed by atoms with van der Waals surface area (Å²) < 4.78 is 9.72. The first-order valence-electron chi connectivity index (χ1n) is 11.8. The molecule has 6 rings (SSSR count). The van der Waals surface area contributed by atoms with Crippen LogP contribution in [0.4, 0.5) is 0 Å². The Bertz CT molecular complexity index is 1450. The number of hydrogen-bond donors (Lipinski definition) is 1. The van der Waals surface area contributed by atoms with Gasteiger partial charge < -0.3 is 10.5 Å². The predicted molar refractivity (Wildman–Crippen MR) is 131 cm³/mol. The minimum atomic E-state index is -0.315. The molecule has 1 unspecified atom stereocenters. The SMILES string of the molecule is Cn1nc(C2CCCC2)c2c1OC(N)=C(C#N)C2c1ccc(-n2ccnc2-c2ccncc2)cc1. The maximum absolute atomic E-state index is 10.0. The van der Waals surface area contributed by atoms with Crippen molar-refractivity contribution >= 4 is 0 Å². The Morgan fingerprint density at radius 3 is 2.51 bits per heavy atom. The maximum atomic E-state index is 10.0. The first-order valence-corrected chi connectivity index (χ1v) is 11.8. The lowest BCUT2D eigenvalue weighted by atomic mass is 9.81. The molecule has 0 spiro atoms. The molecule has 1 saturated carbocycles. The lowest BCUT2D eigenvalue weighted by Crippen LogP contribution is -2.22. The van der Waals surface area contributed by atoms with Crippen LogP contribution in [0.2, 0.25) is 0 Å². The van der Waals surface area contributed by atoms with Crippen LogP contribution < -0.4 is 10.5 Å². The third kappa shape index (κ3) is 3.48. The molecule has 35 heavy (non-hydrogen) atoms. The molecule has 0 radical (unpaired) electrons. The van der Waals surface area contributed by atoms with Gasteiger partial charge in [0.05, 0.1) is 17.2 Å². The average molecular weight is 464 g/mol. The van der Waals surface area contributed by atoms with Crippen LogP contribution in [-0.2, 0) is 7.05 Å². The van der Waals surface area contributed by atoms with Crippen LogP contribution in [0.5, 0.6) is 5.88 Å². The van der Waals surface area contributed by atoms with E-state index in [9.17, 15) is 5.26 Å². The van der Waals surface area contributed by atoms with Crippen LogP contribution in [0.3, 0.4) is 0 Å². The fourth-order valence-electron chi connectivity index (χ4n) is 5.39. The van der Waals surface area contributed by atoms with Crippen LogP contribution in [0, 0.1) is 11.3 Å². The van der Waals surface area contributed by atoms with Crippen LogP contribution in [0.25, 0.3) is 17.1 Å². The largest absolute Gasteiger partial charge is 0.422 e. The minimum Gasteiger partial charge on any atom is -0.422 e. The van der Waals surface area contributed by atoms with Crippen molar-refractivity contribution in [1.82, 2.24) is 24.3 Å². The fraction of sp³-hybridized carbons (Fsp3) is 0.259. The van der Waals surface area contributed by atoms with Gasteiger partial charge in [-0.05, 0) is 42.7 Å². The molecule has 0 bridgehead atoms. The van der Waals surface area contributed by atoms with Gasteiger partial charge in [0.1, 0.15) is 17.5 Å². The highest BCUT2D eigenvalue weighted by Crippen LogP contribution is 2.48. The number of allylic oxidation sites excluding steroid dienone is 1. The number of aromatic nitrogens is 5. The van der Waals surface area contributed by atoms with E-state index in [1.54, 1.807) is 23.3 Å². The van der Waals surface area contributed by atoms with Crippen molar-refractivity contribution in [2.24, 2.45) is 12.8 Å². The lowest BCUT2D eigenvalue weighted by Gasteiger charge is -2.26. The van der Waals surface area contributed by atoms with Crippen LogP contribution in [0.1, 0.15) is 54.3 Å². The number of fused-ring (bicyclic) bond motifs is 1. The van der Waals surface area contributed by atoms with Gasteiger partial charge in [-0.2, -0.15) is 10.4 Å². The molecule has 1 aliphatic carbocycles. The van der Waals surface area contributed by atoms with Crippen LogP contribution >= 0.6 is 0 Å². The number of aryl methyl sites for hydroxylation is 1. The van der Waals surface area contributed by atoms with Gasteiger partial charge in [-0.25, -0.2) is 9.67 Å². The van der Waals surface area contributed by atoms with E-state index in [2.05, 4.69) is 28.2 Å². The summed E-state index contributed by atoms with van der Waals surface area (Å²) in [5.74, 6) is 1.68. The quantitative estimate of drug-likeness (QED) is 0.476. The summed E-state index contributed by atoms with van der Waals surface area (Å²) in [6, 6.07) is 14.4. The van der Waals surface area contributed by atoms with E-state index in [-0.39, 0.29) is 11.8 Å². The highest BCUT2D eigenvalue weighted by Gasteiger charge is 2.38. The molecule has 1 aliphatic heterocycles. The van der Waals surface area contributed by atoms with E-state index in [0.29, 0.717) is 17.4 Å². The van der Waals surface area contributed by atoms with E-state index in [4.69, 9.17) is 15.6 Å². The first kappa shape index (κ1) is 21.2. The third-order valence-electron chi connectivity index (χ3n) is 7.05. The smallest absolute Gasteiger partial charge is 0.224 e. The molecule has 3 aromatic heterocycles. The molecule has 4 heterocycles. The zero-order valence-electron chi connectivity index (χ0n) is 19.4. The molecule has 1 aromatic carbocycles. The van der Waals surface area contributed by atoms with E-state index in [1.165, 1.54) is 12.8 Å². The Hall–Kier alpha value is -4.38. The van der Waals surface area contributed by atoms with Crippen molar-refractivity contribution in [1.29, 1.82) is 5.26 Å². The first-order chi connectivity index (χ1) is 17.2. The Morgan fingerprint density at radius 1 is 1.06 bits per heavy atom. The van der Waals surface area contributed by atoms with E-state index < -0.39 is 0 Å². The van der Waals surface area contributed by atoms with Crippen molar-refractivity contribution in [3.63, 3.8) is 0 Å². The number of imidazole rings is 1. The molecule has 174 valence electrons. The molecule has 8 nitrogen and oxygen atoms in total. The zero-order valence-corrected chi connectivity index (χ0v) is 19.4. The monoisotopic (exact) mass is 463 g/mol. The van der Waals surface area contributed by atoms with Gasteiger partial charge in [-0.15, -0.1) is 0 Å². The summed E-state index contributed by atoms with van der Waals surface area (Å²) in [6.45, 7) is 0. The number of rotatable bonds is 4. The summed E-state index contributed by atoms with van der Waals surface area (Å²) in [4.78, 5) is 8.64. The molecule has 1 fully saturated rings. The molecule has 4 aromatic rings. The standard InChI is InChI=1S/C27H25N7O/c1-33-27-23(24(32-33)18-4-2-3-5-18)22(21(16-28)25(29)35-27)17-6-8-20(9-7-17)34-15-14-31-26(34)19-10-12-30-13-11-19/h6-15,18,22H,2-5,29H2,1H3. The topological polar surface area (TPSA) is 108 Å². The minimum absolute atomic E-state index is 0.143. The Morgan fingerprint density at radius 2 is 1.80 bits per heavy atom. The highest BCUT2D eigenvalue weighted by molar-refractivity contribution is 5.60. The fourth-order valence-corrected chi connectivity index (χ4v) is 5.39. The van der Waals surface area contributed by atoms with E-state index in [1.807, 2.05) is 42.1 Å². The van der Waals surface area contributed by atoms with E-state index >= 15 is 0 Å². The molecular formula is C27H25N7O. The van der Waals surface area contributed by atoms with Crippen molar-refractivity contribution in [3.05, 3.63) is 89.5 Å². The normalized spacial score (nSPS) is 17.8. The molecule has 1 atom stereocenters. The van der Waals surface area contributed by atoms with Gasteiger partial charge in [-0.3, -0.25) is 9.55 Å². The van der Waals surface area contributed by atoms with Gasteiger partial charge in [0.25, 0.3) is 0 Å². The number of benzene rings is 1. The van der Waals surface area contributed by atoms with Crippen molar-refractivity contribution in [2.75, 3.05) is 0 Å². The van der Waals surface area contributed by atoms with Gasteiger partial charge in [-0.1, -0.05) is 25.0 Å². The number of ether oxygens (including phenoxy) is 1. The number of nitrogens with zero attached hydrogens (tertiary/aromatic N) is 6. The average Bonchev–Trinajstić information content (AvgIpc) is 3.65. The second-order valence-corrected chi connectivity index (χ2v) is 9.08. The van der Waals surface area contributed by atoms with Crippen molar-refractivity contribution in [2.45, 2.75) is 37.5 Å².